The maximum Gasteiger partial charge on any atom is 0.225 e. The molecule has 1 saturated carbocycles. The number of rotatable bonds is 2. The molecule has 4 N–H and O–H groups in total. The zero-order valence-corrected chi connectivity index (χ0v) is 5.97. The lowest BCUT2D eigenvalue weighted by molar-refractivity contribution is -0.125. The van der Waals surface area contributed by atoms with Gasteiger partial charge in [0, 0.05) is 6.54 Å². The van der Waals surface area contributed by atoms with Gasteiger partial charge in [-0.3, -0.25) is 4.79 Å². The van der Waals surface area contributed by atoms with Crippen molar-refractivity contribution in [2.24, 2.45) is 16.9 Å². The molecule has 1 rings (SSSR count). The molecule has 0 aromatic carbocycles. The van der Waals surface area contributed by atoms with E-state index in [9.17, 15) is 4.79 Å². The molecule has 0 atom stereocenters. The van der Waals surface area contributed by atoms with Gasteiger partial charge in [-0.2, -0.15) is 0 Å². The van der Waals surface area contributed by atoms with Crippen molar-refractivity contribution in [2.45, 2.75) is 25.7 Å². The lowest BCUT2D eigenvalue weighted by Gasteiger charge is -2.21. The Labute approximate surface area is 60.8 Å². The summed E-state index contributed by atoms with van der Waals surface area (Å²) in [6, 6.07) is 0. The predicted octanol–water partition coefficient (Wildman–Crippen LogP) is 0.153. The molecule has 3 heteroatoms. The third-order valence-corrected chi connectivity index (χ3v) is 2.31. The van der Waals surface area contributed by atoms with Gasteiger partial charge < -0.3 is 11.5 Å². The second-order valence-electron chi connectivity index (χ2n) is 2.89. The quantitative estimate of drug-likeness (QED) is 0.574. The van der Waals surface area contributed by atoms with E-state index in [2.05, 4.69) is 0 Å². The Kier molecular flexibility index (Phi) is 1.94. The van der Waals surface area contributed by atoms with Gasteiger partial charge >= 0.3 is 0 Å². The molecule has 1 fully saturated rings. The van der Waals surface area contributed by atoms with Gasteiger partial charge in [0.1, 0.15) is 0 Å². The molecular weight excluding hydrogens is 128 g/mol. The van der Waals surface area contributed by atoms with Gasteiger partial charge in [0.2, 0.25) is 5.91 Å². The average Bonchev–Trinajstić information content (AvgIpc) is 2.35. The first kappa shape index (κ1) is 7.54. The predicted molar refractivity (Wildman–Crippen MR) is 38.6 cm³/mol. The standard InChI is InChI=1S/C7H13N2O/c8-5-7(6(9)10)3-1-2-4-7/h5H,1-4,8H2,(H2,9,10). The molecule has 1 amide bonds. The van der Waals surface area contributed by atoms with Crippen LogP contribution in [0.2, 0.25) is 0 Å². The third-order valence-electron chi connectivity index (χ3n) is 2.31. The van der Waals surface area contributed by atoms with Crippen molar-refractivity contribution < 1.29 is 4.79 Å². The van der Waals surface area contributed by atoms with Gasteiger partial charge in [-0.25, -0.2) is 0 Å². The topological polar surface area (TPSA) is 69.1 Å². The van der Waals surface area contributed by atoms with Crippen LogP contribution >= 0.6 is 0 Å². The highest BCUT2D eigenvalue weighted by atomic mass is 16.1. The minimum atomic E-state index is -0.472. The van der Waals surface area contributed by atoms with Gasteiger partial charge in [0.05, 0.1) is 5.41 Å². The number of carbonyl (C=O) groups excluding carboxylic acids is 1. The number of hydrogen-bond donors (Lipinski definition) is 2. The SMILES string of the molecule is N[CH]C1(C(N)=O)CCCC1. The minimum absolute atomic E-state index is 0.271. The summed E-state index contributed by atoms with van der Waals surface area (Å²) < 4.78 is 0. The van der Waals surface area contributed by atoms with Crippen molar-refractivity contribution in [2.75, 3.05) is 0 Å². The van der Waals surface area contributed by atoms with Crippen LogP contribution in [0.1, 0.15) is 25.7 Å². The first-order chi connectivity index (χ1) is 4.71. The summed E-state index contributed by atoms with van der Waals surface area (Å²) >= 11 is 0. The van der Waals surface area contributed by atoms with E-state index in [1.807, 2.05) is 0 Å². The molecule has 3 nitrogen and oxygen atoms in total. The van der Waals surface area contributed by atoms with Crippen LogP contribution in [0.25, 0.3) is 0 Å². The molecule has 0 aromatic heterocycles. The number of amides is 1. The normalized spacial score (nSPS) is 22.9. The van der Waals surface area contributed by atoms with E-state index in [0.717, 1.165) is 25.7 Å². The van der Waals surface area contributed by atoms with E-state index in [1.165, 1.54) is 6.54 Å². The highest BCUT2D eigenvalue weighted by Gasteiger charge is 2.38. The zero-order valence-electron chi connectivity index (χ0n) is 5.97. The molecule has 57 valence electrons. The van der Waals surface area contributed by atoms with E-state index < -0.39 is 5.41 Å². The van der Waals surface area contributed by atoms with Gasteiger partial charge in [-0.15, -0.1) is 0 Å². The van der Waals surface area contributed by atoms with Crippen LogP contribution in [0.4, 0.5) is 0 Å². The first-order valence-corrected chi connectivity index (χ1v) is 3.57. The van der Waals surface area contributed by atoms with E-state index in [4.69, 9.17) is 11.5 Å². The second-order valence-corrected chi connectivity index (χ2v) is 2.89. The Morgan fingerprint density at radius 2 is 1.90 bits per heavy atom. The molecule has 1 radical (unpaired) electrons. The largest absolute Gasteiger partial charge is 0.369 e. The Balaban J connectivity index is 2.67. The van der Waals surface area contributed by atoms with Crippen LogP contribution in [-0.2, 0) is 4.79 Å². The Hall–Kier alpha value is -0.570. The van der Waals surface area contributed by atoms with Crippen LogP contribution in [-0.4, -0.2) is 5.91 Å². The van der Waals surface area contributed by atoms with Crippen molar-refractivity contribution in [1.82, 2.24) is 0 Å². The summed E-state index contributed by atoms with van der Waals surface area (Å²) in [6.07, 6.45) is 3.80. The molecular formula is C7H13N2O. The van der Waals surface area contributed by atoms with Crippen LogP contribution in [0, 0.1) is 12.0 Å². The number of hydrogen-bond acceptors (Lipinski definition) is 2. The fourth-order valence-electron chi connectivity index (χ4n) is 1.50. The second kappa shape index (κ2) is 2.58. The summed E-state index contributed by atoms with van der Waals surface area (Å²) in [5.74, 6) is -0.271. The Bertz CT molecular complexity index is 139. The lowest BCUT2D eigenvalue weighted by Crippen LogP contribution is -2.37. The molecule has 0 aromatic rings. The fraction of sp³-hybridized carbons (Fsp3) is 0.714. The number of carbonyl (C=O) groups is 1. The molecule has 1 aliphatic carbocycles. The Morgan fingerprint density at radius 1 is 1.40 bits per heavy atom. The maximum absolute atomic E-state index is 10.9. The average molecular weight is 141 g/mol. The summed E-state index contributed by atoms with van der Waals surface area (Å²) in [6.45, 7) is 1.46. The van der Waals surface area contributed by atoms with Crippen LogP contribution in [0.3, 0.4) is 0 Å². The maximum atomic E-state index is 10.9. The number of nitrogens with two attached hydrogens (primary N) is 2. The van der Waals surface area contributed by atoms with E-state index in [0.29, 0.717) is 0 Å². The van der Waals surface area contributed by atoms with Crippen molar-refractivity contribution in [3.8, 4) is 0 Å². The van der Waals surface area contributed by atoms with E-state index in [1.54, 1.807) is 0 Å². The highest BCUT2D eigenvalue weighted by Crippen LogP contribution is 2.38. The molecule has 0 heterocycles. The van der Waals surface area contributed by atoms with Gasteiger partial charge in [-0.1, -0.05) is 12.8 Å². The molecule has 0 bridgehead atoms. The minimum Gasteiger partial charge on any atom is -0.369 e. The molecule has 0 unspecified atom stereocenters. The molecule has 0 saturated heterocycles. The van der Waals surface area contributed by atoms with Gasteiger partial charge in [-0.05, 0) is 12.8 Å². The highest BCUT2D eigenvalue weighted by molar-refractivity contribution is 5.82. The summed E-state index contributed by atoms with van der Waals surface area (Å²) in [5, 5.41) is 0. The summed E-state index contributed by atoms with van der Waals surface area (Å²) in [7, 11) is 0. The van der Waals surface area contributed by atoms with Crippen LogP contribution < -0.4 is 11.5 Å². The third kappa shape index (κ3) is 1.01. The summed E-state index contributed by atoms with van der Waals surface area (Å²) in [4.78, 5) is 10.9. The fourth-order valence-corrected chi connectivity index (χ4v) is 1.50. The van der Waals surface area contributed by atoms with E-state index in [-0.39, 0.29) is 5.91 Å². The monoisotopic (exact) mass is 141 g/mol. The first-order valence-electron chi connectivity index (χ1n) is 3.57. The molecule has 1 aliphatic rings. The number of primary amides is 1. The molecule has 0 aliphatic heterocycles. The lowest BCUT2D eigenvalue weighted by atomic mass is 9.86. The molecule has 0 spiro atoms. The van der Waals surface area contributed by atoms with Crippen LogP contribution in [0.5, 0.6) is 0 Å². The van der Waals surface area contributed by atoms with E-state index >= 15 is 0 Å². The van der Waals surface area contributed by atoms with Crippen molar-refractivity contribution in [1.29, 1.82) is 0 Å². The zero-order chi connectivity index (χ0) is 7.61. The van der Waals surface area contributed by atoms with Gasteiger partial charge in [0.15, 0.2) is 0 Å². The Morgan fingerprint density at radius 3 is 2.10 bits per heavy atom. The van der Waals surface area contributed by atoms with Crippen LogP contribution in [0.15, 0.2) is 0 Å². The van der Waals surface area contributed by atoms with Crippen molar-refractivity contribution in [3.63, 3.8) is 0 Å². The van der Waals surface area contributed by atoms with Crippen molar-refractivity contribution >= 4 is 5.91 Å². The molecule has 10 heavy (non-hydrogen) atoms. The smallest absolute Gasteiger partial charge is 0.225 e. The van der Waals surface area contributed by atoms with Gasteiger partial charge in [0.25, 0.3) is 0 Å². The summed E-state index contributed by atoms with van der Waals surface area (Å²) in [5.41, 5.74) is 10.1. The van der Waals surface area contributed by atoms with Crippen molar-refractivity contribution in [3.05, 3.63) is 6.54 Å².